The van der Waals surface area contributed by atoms with Crippen LogP contribution in [0.15, 0.2) is 0 Å². The molecular weight excluding hydrogens is 194 g/mol. The molecule has 84 valence electrons. The summed E-state index contributed by atoms with van der Waals surface area (Å²) in [5.74, 6) is 0.891. The first-order valence-electron chi connectivity index (χ1n) is 5.26. The van der Waals surface area contributed by atoms with Crippen molar-refractivity contribution in [2.75, 3.05) is 20.3 Å². The summed E-state index contributed by atoms with van der Waals surface area (Å²) in [7, 11) is 1.89. The summed E-state index contributed by atoms with van der Waals surface area (Å²) < 4.78 is 7.30. The molecule has 1 aliphatic heterocycles. The van der Waals surface area contributed by atoms with E-state index in [9.17, 15) is 0 Å². The van der Waals surface area contributed by atoms with Crippen molar-refractivity contribution in [2.24, 2.45) is 0 Å². The monoisotopic (exact) mass is 211 g/mol. The Hall–Kier alpha value is -1.01. The second-order valence-corrected chi connectivity index (χ2v) is 4.15. The molecule has 0 atom stereocenters. The third-order valence-electron chi connectivity index (χ3n) is 2.95. The zero-order chi connectivity index (χ0) is 10.7. The first-order valence-corrected chi connectivity index (χ1v) is 5.26. The van der Waals surface area contributed by atoms with Crippen molar-refractivity contribution in [3.8, 4) is 0 Å². The van der Waals surface area contributed by atoms with Crippen molar-refractivity contribution in [1.29, 1.82) is 0 Å². The molecule has 1 aromatic rings. The molecule has 0 bridgehead atoms. The van der Waals surface area contributed by atoms with E-state index >= 15 is 0 Å². The van der Waals surface area contributed by atoms with E-state index in [2.05, 4.69) is 27.8 Å². The molecule has 1 aliphatic rings. The van der Waals surface area contributed by atoms with Crippen molar-refractivity contribution in [3.63, 3.8) is 0 Å². The van der Waals surface area contributed by atoms with E-state index in [0.29, 0.717) is 6.54 Å². The standard InChI is InChI=1S/C9H17N5O/c1-9(3-5-15-6-4-9)14-8(7-10-2)11-12-13-14/h10H,3-7H2,1-2H3. The van der Waals surface area contributed by atoms with Crippen molar-refractivity contribution >= 4 is 0 Å². The normalized spacial score (nSPS) is 20.4. The molecule has 0 aliphatic carbocycles. The van der Waals surface area contributed by atoms with Crippen molar-refractivity contribution < 1.29 is 4.74 Å². The Bertz CT molecular complexity index is 318. The smallest absolute Gasteiger partial charge is 0.165 e. The summed E-state index contributed by atoms with van der Waals surface area (Å²) in [5.41, 5.74) is 0.00787. The van der Waals surface area contributed by atoms with Crippen LogP contribution in [0.1, 0.15) is 25.6 Å². The van der Waals surface area contributed by atoms with Crippen LogP contribution < -0.4 is 5.32 Å². The SMILES string of the molecule is CNCc1nnnn1C1(C)CCOCC1. The summed E-state index contributed by atoms with van der Waals surface area (Å²) in [6.45, 7) is 4.46. The van der Waals surface area contributed by atoms with Crippen LogP contribution in [0, 0.1) is 0 Å². The minimum Gasteiger partial charge on any atom is -0.381 e. The Morgan fingerprint density at radius 1 is 1.47 bits per heavy atom. The lowest BCUT2D eigenvalue weighted by Gasteiger charge is -2.33. The van der Waals surface area contributed by atoms with Crippen molar-refractivity contribution in [1.82, 2.24) is 25.5 Å². The van der Waals surface area contributed by atoms with Crippen LogP contribution in [0.2, 0.25) is 0 Å². The maximum Gasteiger partial charge on any atom is 0.165 e. The van der Waals surface area contributed by atoms with Crippen molar-refractivity contribution in [2.45, 2.75) is 31.8 Å². The van der Waals surface area contributed by atoms with Gasteiger partial charge in [-0.2, -0.15) is 0 Å². The van der Waals surface area contributed by atoms with Gasteiger partial charge in [-0.15, -0.1) is 5.10 Å². The lowest BCUT2D eigenvalue weighted by atomic mass is 9.92. The van der Waals surface area contributed by atoms with Gasteiger partial charge in [0.05, 0.1) is 12.1 Å². The molecule has 2 rings (SSSR count). The first kappa shape index (κ1) is 10.5. The number of hydrogen-bond donors (Lipinski definition) is 1. The Kier molecular flexibility index (Phi) is 2.97. The van der Waals surface area contributed by atoms with E-state index in [4.69, 9.17) is 4.74 Å². The molecule has 6 nitrogen and oxygen atoms in total. The second-order valence-electron chi connectivity index (χ2n) is 4.15. The molecule has 1 fully saturated rings. The number of hydrogen-bond acceptors (Lipinski definition) is 5. The minimum absolute atomic E-state index is 0.00787. The average molecular weight is 211 g/mol. The molecule has 0 amide bonds. The van der Waals surface area contributed by atoms with Crippen molar-refractivity contribution in [3.05, 3.63) is 5.82 Å². The van der Waals surface area contributed by atoms with Crippen LogP contribution in [0.25, 0.3) is 0 Å². The fourth-order valence-corrected chi connectivity index (χ4v) is 1.92. The Morgan fingerprint density at radius 3 is 2.87 bits per heavy atom. The number of ether oxygens (including phenoxy) is 1. The maximum atomic E-state index is 5.37. The highest BCUT2D eigenvalue weighted by atomic mass is 16.5. The van der Waals surface area contributed by atoms with E-state index < -0.39 is 0 Å². The van der Waals surface area contributed by atoms with Crippen LogP contribution >= 0.6 is 0 Å². The number of nitrogens with zero attached hydrogens (tertiary/aromatic N) is 4. The van der Waals surface area contributed by atoms with Gasteiger partial charge in [-0.25, -0.2) is 4.68 Å². The highest BCUT2D eigenvalue weighted by molar-refractivity contribution is 4.91. The minimum atomic E-state index is 0.00787. The van der Waals surface area contributed by atoms with Gasteiger partial charge in [-0.1, -0.05) is 0 Å². The highest BCUT2D eigenvalue weighted by Crippen LogP contribution is 2.28. The number of nitrogens with one attached hydrogen (secondary N) is 1. The predicted molar refractivity (Wildman–Crippen MR) is 54.3 cm³/mol. The third-order valence-corrected chi connectivity index (χ3v) is 2.95. The van der Waals surface area contributed by atoms with Gasteiger partial charge in [0.15, 0.2) is 5.82 Å². The van der Waals surface area contributed by atoms with E-state index in [-0.39, 0.29) is 5.54 Å². The van der Waals surface area contributed by atoms with Gasteiger partial charge in [-0.3, -0.25) is 0 Å². The fourth-order valence-electron chi connectivity index (χ4n) is 1.92. The first-order chi connectivity index (χ1) is 7.26. The van der Waals surface area contributed by atoms with Gasteiger partial charge in [-0.05, 0) is 37.2 Å². The molecule has 1 N–H and O–H groups in total. The molecule has 0 spiro atoms. The number of tetrazole rings is 1. The van der Waals surface area contributed by atoms with Gasteiger partial charge < -0.3 is 10.1 Å². The summed E-state index contributed by atoms with van der Waals surface area (Å²) in [5, 5.41) is 14.9. The zero-order valence-corrected chi connectivity index (χ0v) is 9.23. The Balaban J connectivity index is 2.22. The van der Waals surface area contributed by atoms with Gasteiger partial charge in [0.2, 0.25) is 0 Å². The highest BCUT2D eigenvalue weighted by Gasteiger charge is 2.32. The molecule has 0 aromatic carbocycles. The van der Waals surface area contributed by atoms with E-state index in [1.54, 1.807) is 0 Å². The molecule has 1 saturated heterocycles. The van der Waals surface area contributed by atoms with Gasteiger partial charge in [0.25, 0.3) is 0 Å². The van der Waals surface area contributed by atoms with Crippen LogP contribution in [0.5, 0.6) is 0 Å². The molecule has 0 radical (unpaired) electrons. The van der Waals surface area contributed by atoms with E-state index in [1.807, 2.05) is 11.7 Å². The van der Waals surface area contributed by atoms with Crippen LogP contribution in [0.4, 0.5) is 0 Å². The quantitative estimate of drug-likeness (QED) is 0.757. The van der Waals surface area contributed by atoms with Gasteiger partial charge in [0, 0.05) is 13.2 Å². The molecule has 15 heavy (non-hydrogen) atoms. The average Bonchev–Trinajstić information content (AvgIpc) is 2.68. The maximum absolute atomic E-state index is 5.37. The topological polar surface area (TPSA) is 64.9 Å². The lowest BCUT2D eigenvalue weighted by molar-refractivity contribution is 0.0218. The number of aromatic nitrogens is 4. The summed E-state index contributed by atoms with van der Waals surface area (Å²) in [6, 6.07) is 0. The Morgan fingerprint density at radius 2 is 2.20 bits per heavy atom. The van der Waals surface area contributed by atoms with Gasteiger partial charge >= 0.3 is 0 Å². The van der Waals surface area contributed by atoms with Crippen LogP contribution in [-0.4, -0.2) is 40.5 Å². The summed E-state index contributed by atoms with van der Waals surface area (Å²) in [6.07, 6.45) is 1.93. The molecule has 1 aromatic heterocycles. The zero-order valence-electron chi connectivity index (χ0n) is 9.23. The molecular formula is C9H17N5O. The third kappa shape index (κ3) is 2.00. The van der Waals surface area contributed by atoms with E-state index in [0.717, 1.165) is 31.9 Å². The second kappa shape index (κ2) is 4.24. The summed E-state index contributed by atoms with van der Waals surface area (Å²) >= 11 is 0. The summed E-state index contributed by atoms with van der Waals surface area (Å²) in [4.78, 5) is 0. The Labute approximate surface area is 89.0 Å². The van der Waals surface area contributed by atoms with E-state index in [1.165, 1.54) is 0 Å². The molecule has 2 heterocycles. The molecule has 6 heteroatoms. The lowest BCUT2D eigenvalue weighted by Crippen LogP contribution is -2.39. The number of rotatable bonds is 3. The molecule has 0 saturated carbocycles. The fraction of sp³-hybridized carbons (Fsp3) is 0.889. The largest absolute Gasteiger partial charge is 0.381 e. The predicted octanol–water partition coefficient (Wildman–Crippen LogP) is -0.0819. The van der Waals surface area contributed by atoms with Gasteiger partial charge in [0.1, 0.15) is 0 Å². The van der Waals surface area contributed by atoms with Crippen LogP contribution in [0.3, 0.4) is 0 Å². The van der Waals surface area contributed by atoms with Crippen LogP contribution in [-0.2, 0) is 16.8 Å². The molecule has 0 unspecified atom stereocenters.